The molecule has 0 aromatic heterocycles. The fraction of sp³-hybridized carbons (Fsp3) is 0.455. The molecular weight excluding hydrogens is 313 g/mol. The molecule has 0 radical (unpaired) electrons. The van der Waals surface area contributed by atoms with Gasteiger partial charge in [0, 0.05) is 18.7 Å². The van der Waals surface area contributed by atoms with Gasteiger partial charge >= 0.3 is 0 Å². The van der Waals surface area contributed by atoms with E-state index in [1.165, 1.54) is 25.3 Å². The number of methoxy groups -OCH3 is 1. The lowest BCUT2D eigenvalue weighted by Gasteiger charge is -2.11. The highest BCUT2D eigenvalue weighted by Gasteiger charge is 2.18. The number of benzene rings is 1. The Kier molecular flexibility index (Phi) is 6.52. The molecule has 2 N–H and O–H groups in total. The Morgan fingerprint density at radius 2 is 2.11 bits per heavy atom. The number of aliphatic hydroxyl groups is 1. The molecule has 0 saturated heterocycles. The fourth-order valence-electron chi connectivity index (χ4n) is 1.40. The van der Waals surface area contributed by atoms with Crippen molar-refractivity contribution in [2.24, 2.45) is 0 Å². The molecule has 108 valence electrons. The Hall–Kier alpha value is -0.370. The average Bonchev–Trinajstić information content (AvgIpc) is 2.32. The van der Waals surface area contributed by atoms with Crippen molar-refractivity contribution in [3.8, 4) is 0 Å². The summed E-state index contributed by atoms with van der Waals surface area (Å²) in [7, 11) is -2.28. The van der Waals surface area contributed by atoms with Crippen molar-refractivity contribution in [2.45, 2.75) is 17.4 Å². The van der Waals surface area contributed by atoms with Crippen LogP contribution in [0.25, 0.3) is 0 Å². The quantitative estimate of drug-likeness (QED) is 0.798. The van der Waals surface area contributed by atoms with Crippen LogP contribution in [0.2, 0.25) is 10.0 Å². The summed E-state index contributed by atoms with van der Waals surface area (Å²) in [6.45, 7) is 0.231. The first-order chi connectivity index (χ1) is 8.86. The third-order valence-corrected chi connectivity index (χ3v) is 4.49. The number of halogens is 2. The molecule has 0 fully saturated rings. The molecule has 0 spiro atoms. The SMILES string of the molecule is COCC(O)CCNS(=O)(=O)c1cc(Cl)ccc1Cl. The largest absolute Gasteiger partial charge is 0.391 e. The molecule has 0 aliphatic carbocycles. The van der Waals surface area contributed by atoms with Gasteiger partial charge in [-0.15, -0.1) is 0 Å². The number of hydrogen-bond acceptors (Lipinski definition) is 4. The van der Waals surface area contributed by atoms with E-state index in [2.05, 4.69) is 4.72 Å². The maximum atomic E-state index is 12.0. The van der Waals surface area contributed by atoms with E-state index in [-0.39, 0.29) is 34.5 Å². The predicted molar refractivity (Wildman–Crippen MR) is 74.2 cm³/mol. The van der Waals surface area contributed by atoms with Crippen LogP contribution in [0, 0.1) is 0 Å². The van der Waals surface area contributed by atoms with Gasteiger partial charge in [0.15, 0.2) is 0 Å². The van der Waals surface area contributed by atoms with Crippen LogP contribution >= 0.6 is 23.2 Å². The number of rotatable bonds is 7. The van der Waals surface area contributed by atoms with E-state index < -0.39 is 16.1 Å². The zero-order valence-electron chi connectivity index (χ0n) is 10.3. The van der Waals surface area contributed by atoms with E-state index in [0.717, 1.165) is 0 Å². The second-order valence-electron chi connectivity index (χ2n) is 3.87. The summed E-state index contributed by atoms with van der Waals surface area (Å²) in [6.07, 6.45) is -0.479. The molecule has 19 heavy (non-hydrogen) atoms. The highest BCUT2D eigenvalue weighted by molar-refractivity contribution is 7.89. The molecule has 1 rings (SSSR count). The second kappa shape index (κ2) is 7.42. The van der Waals surface area contributed by atoms with Crippen molar-refractivity contribution in [2.75, 3.05) is 20.3 Å². The van der Waals surface area contributed by atoms with Gasteiger partial charge in [0.25, 0.3) is 0 Å². The van der Waals surface area contributed by atoms with Gasteiger partial charge in [-0.1, -0.05) is 23.2 Å². The van der Waals surface area contributed by atoms with Crippen molar-refractivity contribution in [3.63, 3.8) is 0 Å². The first-order valence-corrected chi connectivity index (χ1v) is 7.72. The van der Waals surface area contributed by atoms with Gasteiger partial charge < -0.3 is 9.84 Å². The number of aliphatic hydroxyl groups excluding tert-OH is 1. The zero-order chi connectivity index (χ0) is 14.5. The number of sulfonamides is 1. The first-order valence-electron chi connectivity index (χ1n) is 5.48. The van der Waals surface area contributed by atoms with Crippen molar-refractivity contribution in [1.82, 2.24) is 4.72 Å². The molecule has 0 amide bonds. The average molecular weight is 328 g/mol. The monoisotopic (exact) mass is 327 g/mol. The minimum atomic E-state index is -3.74. The normalized spacial score (nSPS) is 13.5. The van der Waals surface area contributed by atoms with Gasteiger partial charge in [-0.3, -0.25) is 0 Å². The first kappa shape index (κ1) is 16.7. The van der Waals surface area contributed by atoms with Crippen LogP contribution in [0.5, 0.6) is 0 Å². The van der Waals surface area contributed by atoms with Crippen LogP contribution in [0.1, 0.15) is 6.42 Å². The van der Waals surface area contributed by atoms with Crippen LogP contribution in [0.4, 0.5) is 0 Å². The molecule has 0 aliphatic rings. The van der Waals surface area contributed by atoms with E-state index in [4.69, 9.17) is 27.9 Å². The summed E-state index contributed by atoms with van der Waals surface area (Å²) in [6, 6.07) is 4.20. The molecule has 8 heteroatoms. The number of hydrogen-bond donors (Lipinski definition) is 2. The highest BCUT2D eigenvalue weighted by Crippen LogP contribution is 2.24. The van der Waals surface area contributed by atoms with Gasteiger partial charge in [-0.05, 0) is 24.6 Å². The van der Waals surface area contributed by atoms with Gasteiger partial charge in [0.1, 0.15) is 4.90 Å². The highest BCUT2D eigenvalue weighted by atomic mass is 35.5. The van der Waals surface area contributed by atoms with E-state index in [0.29, 0.717) is 0 Å². The molecule has 1 aromatic carbocycles. The molecule has 0 saturated carbocycles. The van der Waals surface area contributed by atoms with Gasteiger partial charge in [-0.25, -0.2) is 13.1 Å². The van der Waals surface area contributed by atoms with Crippen molar-refractivity contribution < 1.29 is 18.3 Å². The summed E-state index contributed by atoms with van der Waals surface area (Å²) in [4.78, 5) is -0.0807. The Morgan fingerprint density at radius 1 is 1.42 bits per heavy atom. The lowest BCUT2D eigenvalue weighted by molar-refractivity contribution is 0.0603. The third kappa shape index (κ3) is 5.25. The lowest BCUT2D eigenvalue weighted by atomic mass is 10.3. The van der Waals surface area contributed by atoms with E-state index in [1.807, 2.05) is 0 Å². The van der Waals surface area contributed by atoms with Crippen LogP contribution in [0.3, 0.4) is 0 Å². The molecule has 5 nitrogen and oxygen atoms in total. The van der Waals surface area contributed by atoms with Crippen LogP contribution < -0.4 is 4.72 Å². The van der Waals surface area contributed by atoms with Crippen molar-refractivity contribution in [1.29, 1.82) is 0 Å². The number of ether oxygens (including phenoxy) is 1. The molecule has 1 atom stereocenters. The molecule has 0 aliphatic heterocycles. The van der Waals surface area contributed by atoms with Gasteiger partial charge in [0.05, 0.1) is 17.7 Å². The second-order valence-corrected chi connectivity index (χ2v) is 6.45. The summed E-state index contributed by atoms with van der Waals surface area (Å²) >= 11 is 11.6. The van der Waals surface area contributed by atoms with Gasteiger partial charge in [-0.2, -0.15) is 0 Å². The minimum absolute atomic E-state index is 0.0791. The fourth-order valence-corrected chi connectivity index (χ4v) is 3.20. The topological polar surface area (TPSA) is 75.6 Å². The molecular formula is C11H15Cl2NO4S. The molecule has 1 unspecified atom stereocenters. The summed E-state index contributed by atoms with van der Waals surface area (Å²) in [5.74, 6) is 0. The van der Waals surface area contributed by atoms with Crippen LogP contribution in [-0.4, -0.2) is 39.9 Å². The molecule has 0 bridgehead atoms. The maximum absolute atomic E-state index is 12.0. The third-order valence-electron chi connectivity index (χ3n) is 2.31. The van der Waals surface area contributed by atoms with Crippen LogP contribution in [-0.2, 0) is 14.8 Å². The number of nitrogens with one attached hydrogen (secondary N) is 1. The standard InChI is InChI=1S/C11H15Cl2NO4S/c1-18-7-9(15)4-5-14-19(16,17)11-6-8(12)2-3-10(11)13/h2-3,6,9,14-15H,4-5,7H2,1H3. The summed E-state index contributed by atoms with van der Waals surface area (Å²) in [5.41, 5.74) is 0. The minimum Gasteiger partial charge on any atom is -0.391 e. The smallest absolute Gasteiger partial charge is 0.242 e. The molecule has 1 aromatic rings. The maximum Gasteiger partial charge on any atom is 0.242 e. The Balaban J connectivity index is 2.68. The van der Waals surface area contributed by atoms with Crippen LogP contribution in [0.15, 0.2) is 23.1 Å². The summed E-state index contributed by atoms with van der Waals surface area (Å²) in [5, 5.41) is 9.78. The predicted octanol–water partition coefficient (Wildman–Crippen LogP) is 1.67. The van der Waals surface area contributed by atoms with Crippen molar-refractivity contribution in [3.05, 3.63) is 28.2 Å². The van der Waals surface area contributed by atoms with Gasteiger partial charge in [0.2, 0.25) is 10.0 Å². The Bertz CT molecular complexity index is 521. The zero-order valence-corrected chi connectivity index (χ0v) is 12.6. The van der Waals surface area contributed by atoms with Crippen molar-refractivity contribution >= 4 is 33.2 Å². The van der Waals surface area contributed by atoms with E-state index >= 15 is 0 Å². The van der Waals surface area contributed by atoms with E-state index in [9.17, 15) is 13.5 Å². The van der Waals surface area contributed by atoms with E-state index in [1.54, 1.807) is 0 Å². The lowest BCUT2D eigenvalue weighted by Crippen LogP contribution is -2.28. The molecule has 0 heterocycles. The Labute approximate surface area is 122 Å². The Morgan fingerprint density at radius 3 is 2.74 bits per heavy atom. The summed E-state index contributed by atoms with van der Waals surface area (Å²) < 4.78 is 31.0.